The third kappa shape index (κ3) is 4.28. The first-order valence-corrected chi connectivity index (χ1v) is 7.44. The molecule has 2 heteroatoms. The van der Waals surface area contributed by atoms with Gasteiger partial charge in [0.1, 0.15) is 5.75 Å². The lowest BCUT2D eigenvalue weighted by Gasteiger charge is -2.14. The molecule has 0 saturated carbocycles. The molecule has 0 heterocycles. The summed E-state index contributed by atoms with van der Waals surface area (Å²) in [4.78, 5) is 0. The monoisotopic (exact) mass is 288 g/mol. The second-order valence-corrected chi connectivity index (χ2v) is 5.92. The van der Waals surface area contributed by atoms with Gasteiger partial charge in [-0.25, -0.2) is 0 Å². The van der Waals surface area contributed by atoms with Crippen molar-refractivity contribution in [3.05, 3.63) is 65.2 Å². The van der Waals surface area contributed by atoms with Gasteiger partial charge in [0.15, 0.2) is 0 Å². The molecule has 2 aromatic carbocycles. The minimum absolute atomic E-state index is 0.0339. The van der Waals surface area contributed by atoms with Gasteiger partial charge in [-0.1, -0.05) is 42.0 Å². The number of aryl methyl sites for hydroxylation is 1. The molecule has 0 amide bonds. The van der Waals surface area contributed by atoms with Crippen LogP contribution < -0.4 is 4.74 Å². The Kier molecular flexibility index (Phi) is 5.08. The van der Waals surface area contributed by atoms with Crippen molar-refractivity contribution >= 4 is 11.6 Å². The van der Waals surface area contributed by atoms with Crippen LogP contribution in [0.25, 0.3) is 0 Å². The van der Waals surface area contributed by atoms with Crippen molar-refractivity contribution in [3.63, 3.8) is 0 Å². The van der Waals surface area contributed by atoms with Gasteiger partial charge in [-0.15, -0.1) is 11.6 Å². The molecule has 0 aliphatic rings. The van der Waals surface area contributed by atoms with Crippen molar-refractivity contribution in [2.45, 2.75) is 38.7 Å². The fourth-order valence-electron chi connectivity index (χ4n) is 2.10. The Hall–Kier alpha value is -1.47. The third-order valence-corrected chi connectivity index (χ3v) is 3.53. The predicted octanol–water partition coefficient (Wildman–Crippen LogP) is 5.30. The molecule has 2 aromatic rings. The molecule has 0 N–H and O–H groups in total. The van der Waals surface area contributed by atoms with Crippen LogP contribution in [0, 0.1) is 6.92 Å². The van der Waals surface area contributed by atoms with Gasteiger partial charge >= 0.3 is 0 Å². The normalized spacial score (nSPS) is 12.4. The molecule has 106 valence electrons. The Balaban J connectivity index is 2.08. The number of benzene rings is 2. The standard InChI is InChI=1S/C18H21ClO/c1-13(2)20-17-6-4-5-16(12-17)18(19)11-15-9-7-14(3)8-10-15/h4-10,12-13,18H,11H2,1-3H3. The molecule has 0 fully saturated rings. The maximum Gasteiger partial charge on any atom is 0.120 e. The first-order chi connectivity index (χ1) is 9.54. The van der Waals surface area contributed by atoms with Crippen molar-refractivity contribution in [3.8, 4) is 5.75 Å². The van der Waals surface area contributed by atoms with Crippen LogP contribution in [0.15, 0.2) is 48.5 Å². The maximum absolute atomic E-state index is 6.53. The van der Waals surface area contributed by atoms with E-state index in [1.54, 1.807) is 0 Å². The Morgan fingerprint density at radius 1 is 1.05 bits per heavy atom. The van der Waals surface area contributed by atoms with Crippen LogP contribution in [0.2, 0.25) is 0 Å². The van der Waals surface area contributed by atoms with E-state index in [1.165, 1.54) is 11.1 Å². The van der Waals surface area contributed by atoms with Gasteiger partial charge in [0, 0.05) is 0 Å². The van der Waals surface area contributed by atoms with Crippen molar-refractivity contribution < 1.29 is 4.74 Å². The molecule has 0 aromatic heterocycles. The zero-order chi connectivity index (χ0) is 14.5. The van der Waals surface area contributed by atoms with E-state index in [0.717, 1.165) is 17.7 Å². The van der Waals surface area contributed by atoms with Crippen molar-refractivity contribution in [2.75, 3.05) is 0 Å². The lowest BCUT2D eigenvalue weighted by Crippen LogP contribution is -2.06. The molecule has 20 heavy (non-hydrogen) atoms. The van der Waals surface area contributed by atoms with Crippen molar-refractivity contribution in [2.24, 2.45) is 0 Å². The fourth-order valence-corrected chi connectivity index (χ4v) is 2.42. The minimum atomic E-state index is -0.0339. The topological polar surface area (TPSA) is 9.23 Å². The fraction of sp³-hybridized carbons (Fsp3) is 0.333. The van der Waals surface area contributed by atoms with E-state index < -0.39 is 0 Å². The Morgan fingerprint density at radius 2 is 1.75 bits per heavy atom. The van der Waals surface area contributed by atoms with E-state index in [2.05, 4.69) is 37.3 Å². The number of hydrogen-bond donors (Lipinski definition) is 0. The van der Waals surface area contributed by atoms with Crippen LogP contribution >= 0.6 is 11.6 Å². The summed E-state index contributed by atoms with van der Waals surface area (Å²) in [5.41, 5.74) is 3.63. The lowest BCUT2D eigenvalue weighted by molar-refractivity contribution is 0.242. The summed E-state index contributed by atoms with van der Waals surface area (Å²) in [6.45, 7) is 6.14. The molecule has 1 nitrogen and oxygen atoms in total. The minimum Gasteiger partial charge on any atom is -0.491 e. The molecule has 0 aliphatic carbocycles. The summed E-state index contributed by atoms with van der Waals surface area (Å²) in [6.07, 6.45) is 1.00. The van der Waals surface area contributed by atoms with E-state index in [0.29, 0.717) is 0 Å². The van der Waals surface area contributed by atoms with Gasteiger partial charge in [0.2, 0.25) is 0 Å². The third-order valence-electron chi connectivity index (χ3n) is 3.13. The first kappa shape index (κ1) is 14.9. The lowest BCUT2D eigenvalue weighted by atomic mass is 10.0. The van der Waals surface area contributed by atoms with Gasteiger partial charge in [-0.05, 0) is 50.5 Å². The predicted molar refractivity (Wildman–Crippen MR) is 85.7 cm³/mol. The average molecular weight is 289 g/mol. The van der Waals surface area contributed by atoms with E-state index in [4.69, 9.17) is 16.3 Å². The van der Waals surface area contributed by atoms with Crippen LogP contribution in [-0.4, -0.2) is 6.10 Å². The van der Waals surface area contributed by atoms with Crippen LogP contribution in [0.3, 0.4) is 0 Å². The van der Waals surface area contributed by atoms with Crippen molar-refractivity contribution in [1.29, 1.82) is 0 Å². The highest BCUT2D eigenvalue weighted by Gasteiger charge is 2.10. The van der Waals surface area contributed by atoms with Gasteiger partial charge in [-0.3, -0.25) is 0 Å². The number of rotatable bonds is 5. The maximum atomic E-state index is 6.53. The van der Waals surface area contributed by atoms with E-state index in [1.807, 2.05) is 32.0 Å². The smallest absolute Gasteiger partial charge is 0.120 e. The number of alkyl halides is 1. The summed E-state index contributed by atoms with van der Waals surface area (Å²) in [5.74, 6) is 0.882. The van der Waals surface area contributed by atoms with E-state index in [-0.39, 0.29) is 11.5 Å². The zero-order valence-corrected chi connectivity index (χ0v) is 13.0. The summed E-state index contributed by atoms with van der Waals surface area (Å²) in [5, 5.41) is -0.0339. The van der Waals surface area contributed by atoms with Gasteiger partial charge in [0.05, 0.1) is 11.5 Å². The molecule has 0 radical (unpaired) electrons. The summed E-state index contributed by atoms with van der Waals surface area (Å²) < 4.78 is 5.71. The molecule has 0 saturated heterocycles. The largest absolute Gasteiger partial charge is 0.491 e. The van der Waals surface area contributed by atoms with Crippen LogP contribution in [-0.2, 0) is 6.42 Å². The Labute approximate surface area is 126 Å². The molecular weight excluding hydrogens is 268 g/mol. The van der Waals surface area contributed by atoms with E-state index >= 15 is 0 Å². The highest BCUT2D eigenvalue weighted by atomic mass is 35.5. The summed E-state index contributed by atoms with van der Waals surface area (Å²) in [6, 6.07) is 16.6. The Morgan fingerprint density at radius 3 is 2.40 bits per heavy atom. The second kappa shape index (κ2) is 6.81. The highest BCUT2D eigenvalue weighted by molar-refractivity contribution is 6.20. The number of halogens is 1. The van der Waals surface area contributed by atoms with Gasteiger partial charge < -0.3 is 4.74 Å². The SMILES string of the molecule is Cc1ccc(CC(Cl)c2cccc(OC(C)C)c2)cc1. The zero-order valence-electron chi connectivity index (χ0n) is 12.3. The number of ether oxygens (including phenoxy) is 1. The summed E-state index contributed by atoms with van der Waals surface area (Å²) in [7, 11) is 0. The molecule has 0 bridgehead atoms. The molecule has 2 rings (SSSR count). The van der Waals surface area contributed by atoms with Crippen LogP contribution in [0.4, 0.5) is 0 Å². The quantitative estimate of drug-likeness (QED) is 0.678. The van der Waals surface area contributed by atoms with Gasteiger partial charge in [-0.2, -0.15) is 0 Å². The first-order valence-electron chi connectivity index (χ1n) is 7.01. The van der Waals surface area contributed by atoms with Crippen molar-refractivity contribution in [1.82, 2.24) is 0 Å². The Bertz CT molecular complexity index is 546. The number of hydrogen-bond acceptors (Lipinski definition) is 1. The highest BCUT2D eigenvalue weighted by Crippen LogP contribution is 2.28. The summed E-state index contributed by atoms with van der Waals surface area (Å²) >= 11 is 6.53. The second-order valence-electron chi connectivity index (χ2n) is 5.40. The molecule has 1 atom stereocenters. The molecule has 1 unspecified atom stereocenters. The molecular formula is C18H21ClO. The van der Waals surface area contributed by atoms with Crippen LogP contribution in [0.5, 0.6) is 5.75 Å². The molecule has 0 aliphatic heterocycles. The van der Waals surface area contributed by atoms with E-state index in [9.17, 15) is 0 Å². The molecule has 0 spiro atoms. The average Bonchev–Trinajstić information content (AvgIpc) is 2.41. The van der Waals surface area contributed by atoms with Gasteiger partial charge in [0.25, 0.3) is 0 Å². The van der Waals surface area contributed by atoms with Crippen LogP contribution in [0.1, 0.15) is 35.9 Å².